The van der Waals surface area contributed by atoms with Gasteiger partial charge in [-0.05, 0) is 73.5 Å². The lowest BCUT2D eigenvalue weighted by Crippen LogP contribution is -2.11. The second-order valence-corrected chi connectivity index (χ2v) is 8.14. The van der Waals surface area contributed by atoms with E-state index in [0.29, 0.717) is 22.9 Å². The van der Waals surface area contributed by atoms with E-state index in [4.69, 9.17) is 4.74 Å². The molecule has 0 saturated carbocycles. The number of nitrogens with zero attached hydrogens (tertiary/aromatic N) is 2. The van der Waals surface area contributed by atoms with Gasteiger partial charge in [-0.25, -0.2) is 0 Å². The average Bonchev–Trinajstić information content (AvgIpc) is 2.87. The van der Waals surface area contributed by atoms with Crippen LogP contribution < -0.4 is 10.1 Å². The fourth-order valence-electron chi connectivity index (χ4n) is 3.77. The second kappa shape index (κ2) is 9.16. The van der Waals surface area contributed by atoms with Gasteiger partial charge in [-0.2, -0.15) is 0 Å². The Bertz CT molecular complexity index is 1480. The molecule has 0 radical (unpaired) electrons. The molecule has 166 valence electrons. The highest BCUT2D eigenvalue weighted by Crippen LogP contribution is 2.33. The summed E-state index contributed by atoms with van der Waals surface area (Å²) in [5, 5.41) is 13.6. The summed E-state index contributed by atoms with van der Waals surface area (Å²) in [5.41, 5.74) is 5.59. The van der Waals surface area contributed by atoms with E-state index in [0.717, 1.165) is 22.0 Å². The third-order valence-electron chi connectivity index (χ3n) is 5.80. The lowest BCUT2D eigenvalue weighted by Gasteiger charge is -2.12. The summed E-state index contributed by atoms with van der Waals surface area (Å²) in [4.78, 5) is 12.4. The summed E-state index contributed by atoms with van der Waals surface area (Å²) >= 11 is 0. The molecule has 1 amide bonds. The van der Waals surface area contributed by atoms with Crippen molar-refractivity contribution >= 4 is 22.4 Å². The van der Waals surface area contributed by atoms with E-state index in [-0.39, 0.29) is 5.91 Å². The van der Waals surface area contributed by atoms with Crippen LogP contribution in [0.3, 0.4) is 0 Å². The van der Waals surface area contributed by atoms with Gasteiger partial charge < -0.3 is 10.1 Å². The predicted octanol–water partition coefficient (Wildman–Crippen LogP) is 6.96. The predicted molar refractivity (Wildman–Crippen MR) is 135 cm³/mol. The van der Waals surface area contributed by atoms with Gasteiger partial charge in [0.1, 0.15) is 11.4 Å². The SMILES string of the molecule is Cc1ccc(-c2nnc(Oc3ccc(NC(=O)c4ccccc4)cc3)c3ccccc23)cc1C. The number of nitrogens with one attached hydrogen (secondary N) is 1. The maximum atomic E-state index is 12.4. The Labute approximate surface area is 198 Å². The zero-order chi connectivity index (χ0) is 23.5. The molecule has 1 N–H and O–H groups in total. The Morgan fingerprint density at radius 3 is 2.18 bits per heavy atom. The highest BCUT2D eigenvalue weighted by atomic mass is 16.5. The Morgan fingerprint density at radius 2 is 1.44 bits per heavy atom. The molecular weight excluding hydrogens is 422 g/mol. The molecule has 0 aliphatic carbocycles. The topological polar surface area (TPSA) is 64.1 Å². The van der Waals surface area contributed by atoms with Crippen LogP contribution in [-0.2, 0) is 0 Å². The van der Waals surface area contributed by atoms with Crippen molar-refractivity contribution < 1.29 is 9.53 Å². The van der Waals surface area contributed by atoms with Gasteiger partial charge in [0.15, 0.2) is 0 Å². The fraction of sp³-hybridized carbons (Fsp3) is 0.0690. The van der Waals surface area contributed by atoms with Crippen LogP contribution in [0.1, 0.15) is 21.5 Å². The number of ether oxygens (including phenoxy) is 1. The number of carbonyl (C=O) groups is 1. The number of fused-ring (bicyclic) bond motifs is 1. The molecule has 4 aromatic carbocycles. The summed E-state index contributed by atoms with van der Waals surface area (Å²) in [6.07, 6.45) is 0. The molecule has 0 aliphatic heterocycles. The van der Waals surface area contributed by atoms with Crippen molar-refractivity contribution in [2.45, 2.75) is 13.8 Å². The van der Waals surface area contributed by atoms with Gasteiger partial charge in [0.05, 0.1) is 0 Å². The molecule has 0 aliphatic rings. The molecule has 0 fully saturated rings. The molecular formula is C29H23N3O2. The number of hydrogen-bond acceptors (Lipinski definition) is 4. The van der Waals surface area contributed by atoms with Crippen LogP contribution in [0.15, 0.2) is 97.1 Å². The third-order valence-corrected chi connectivity index (χ3v) is 5.80. The molecule has 1 aromatic heterocycles. The third kappa shape index (κ3) is 4.36. The van der Waals surface area contributed by atoms with Crippen molar-refractivity contribution in [1.29, 1.82) is 0 Å². The monoisotopic (exact) mass is 445 g/mol. The van der Waals surface area contributed by atoms with Crippen molar-refractivity contribution in [2.75, 3.05) is 5.32 Å². The van der Waals surface area contributed by atoms with E-state index in [2.05, 4.69) is 47.6 Å². The Balaban J connectivity index is 1.40. The van der Waals surface area contributed by atoms with Gasteiger partial charge in [0.2, 0.25) is 5.88 Å². The number of anilines is 1. The molecule has 0 spiro atoms. The Kier molecular flexibility index (Phi) is 5.75. The standard InChI is InChI=1S/C29H23N3O2/c1-19-12-13-22(18-20(19)2)27-25-10-6-7-11-26(25)29(32-31-27)34-24-16-14-23(15-17-24)30-28(33)21-8-4-3-5-9-21/h3-18H,1-2H3,(H,30,33). The first-order chi connectivity index (χ1) is 16.6. The van der Waals surface area contributed by atoms with Crippen LogP contribution in [0.5, 0.6) is 11.6 Å². The van der Waals surface area contributed by atoms with Gasteiger partial charge in [-0.15, -0.1) is 10.2 Å². The normalized spacial score (nSPS) is 10.8. The molecule has 5 heteroatoms. The van der Waals surface area contributed by atoms with Crippen molar-refractivity contribution in [3.05, 3.63) is 114 Å². The van der Waals surface area contributed by atoms with Crippen LogP contribution in [0.2, 0.25) is 0 Å². The quantitative estimate of drug-likeness (QED) is 0.318. The summed E-state index contributed by atoms with van der Waals surface area (Å²) in [5.74, 6) is 0.883. The van der Waals surface area contributed by atoms with Crippen molar-refractivity contribution in [3.63, 3.8) is 0 Å². The number of benzene rings is 4. The summed E-state index contributed by atoms with van der Waals surface area (Å²) in [7, 11) is 0. The molecule has 0 atom stereocenters. The first kappa shape index (κ1) is 21.3. The Hall–Kier alpha value is -4.51. The number of aromatic nitrogens is 2. The van der Waals surface area contributed by atoms with Crippen LogP contribution >= 0.6 is 0 Å². The largest absolute Gasteiger partial charge is 0.437 e. The number of carbonyl (C=O) groups excluding carboxylic acids is 1. The molecule has 1 heterocycles. The van der Waals surface area contributed by atoms with Gasteiger partial charge >= 0.3 is 0 Å². The summed E-state index contributed by atoms with van der Waals surface area (Å²) in [6.45, 7) is 4.19. The minimum Gasteiger partial charge on any atom is -0.437 e. The highest BCUT2D eigenvalue weighted by molar-refractivity contribution is 6.04. The number of aryl methyl sites for hydroxylation is 2. The minimum atomic E-state index is -0.159. The van der Waals surface area contributed by atoms with Gasteiger partial charge in [-0.1, -0.05) is 48.5 Å². The molecule has 5 nitrogen and oxygen atoms in total. The zero-order valence-electron chi connectivity index (χ0n) is 18.9. The fourth-order valence-corrected chi connectivity index (χ4v) is 3.77. The van der Waals surface area contributed by atoms with E-state index in [9.17, 15) is 4.79 Å². The molecule has 5 aromatic rings. The molecule has 0 unspecified atom stereocenters. The Morgan fingerprint density at radius 1 is 0.735 bits per heavy atom. The maximum Gasteiger partial charge on any atom is 0.255 e. The second-order valence-electron chi connectivity index (χ2n) is 8.14. The number of rotatable bonds is 5. The molecule has 34 heavy (non-hydrogen) atoms. The average molecular weight is 446 g/mol. The van der Waals surface area contributed by atoms with Crippen LogP contribution in [-0.4, -0.2) is 16.1 Å². The summed E-state index contributed by atoms with van der Waals surface area (Å²) < 4.78 is 6.08. The molecule has 5 rings (SSSR count). The maximum absolute atomic E-state index is 12.4. The van der Waals surface area contributed by atoms with Crippen molar-refractivity contribution in [3.8, 4) is 22.9 Å². The van der Waals surface area contributed by atoms with Crippen molar-refractivity contribution in [1.82, 2.24) is 10.2 Å². The lowest BCUT2D eigenvalue weighted by atomic mass is 10.0. The lowest BCUT2D eigenvalue weighted by molar-refractivity contribution is 0.102. The molecule has 0 saturated heterocycles. The van der Waals surface area contributed by atoms with Crippen LogP contribution in [0.4, 0.5) is 5.69 Å². The highest BCUT2D eigenvalue weighted by Gasteiger charge is 2.13. The number of hydrogen-bond donors (Lipinski definition) is 1. The first-order valence-electron chi connectivity index (χ1n) is 11.1. The van der Waals surface area contributed by atoms with Crippen LogP contribution in [0, 0.1) is 13.8 Å². The number of amides is 1. The van der Waals surface area contributed by atoms with Gasteiger partial charge in [0, 0.05) is 27.6 Å². The van der Waals surface area contributed by atoms with Crippen molar-refractivity contribution in [2.24, 2.45) is 0 Å². The molecule has 0 bridgehead atoms. The van der Waals surface area contributed by atoms with E-state index < -0.39 is 0 Å². The van der Waals surface area contributed by atoms with Gasteiger partial charge in [-0.3, -0.25) is 4.79 Å². The van der Waals surface area contributed by atoms with E-state index in [1.54, 1.807) is 36.4 Å². The summed E-state index contributed by atoms with van der Waals surface area (Å²) in [6, 6.07) is 30.6. The van der Waals surface area contributed by atoms with Crippen LogP contribution in [0.25, 0.3) is 22.0 Å². The minimum absolute atomic E-state index is 0.159. The van der Waals surface area contributed by atoms with E-state index >= 15 is 0 Å². The zero-order valence-corrected chi connectivity index (χ0v) is 18.9. The smallest absolute Gasteiger partial charge is 0.255 e. The first-order valence-corrected chi connectivity index (χ1v) is 11.1. The van der Waals surface area contributed by atoms with Gasteiger partial charge in [0.25, 0.3) is 5.91 Å². The van der Waals surface area contributed by atoms with E-state index in [1.807, 2.05) is 42.5 Å². The van der Waals surface area contributed by atoms with E-state index in [1.165, 1.54) is 11.1 Å².